The molecule has 0 unspecified atom stereocenters. The average Bonchev–Trinajstić information content (AvgIpc) is 2.90. The third-order valence-corrected chi connectivity index (χ3v) is 4.48. The van der Waals surface area contributed by atoms with E-state index < -0.39 is 0 Å². The van der Waals surface area contributed by atoms with Gasteiger partial charge in [0, 0.05) is 37.2 Å². The molecular formula is C15H19N3OS. The van der Waals surface area contributed by atoms with Crippen molar-refractivity contribution in [3.8, 4) is 0 Å². The number of nitrogens with zero attached hydrogens (tertiary/aromatic N) is 2. The number of thiazole rings is 1. The zero-order valence-corrected chi connectivity index (χ0v) is 12.4. The maximum Gasteiger partial charge on any atom is 0.183 e. The average molecular weight is 289 g/mol. The molecule has 0 aliphatic carbocycles. The number of rotatable bonds is 5. The lowest BCUT2D eigenvalue weighted by Gasteiger charge is -2.28. The Morgan fingerprint density at radius 1 is 1.35 bits per heavy atom. The van der Waals surface area contributed by atoms with Crippen LogP contribution in [0.2, 0.25) is 0 Å². The van der Waals surface area contributed by atoms with E-state index in [4.69, 9.17) is 4.74 Å². The maximum absolute atomic E-state index is 5.05. The molecule has 3 rings (SSSR count). The van der Waals surface area contributed by atoms with Crippen molar-refractivity contribution in [1.82, 2.24) is 4.98 Å². The van der Waals surface area contributed by atoms with Crippen molar-refractivity contribution in [2.45, 2.75) is 13.0 Å². The fourth-order valence-electron chi connectivity index (χ4n) is 2.39. The topological polar surface area (TPSA) is 37.4 Å². The molecule has 0 saturated heterocycles. The number of benzene rings is 1. The van der Waals surface area contributed by atoms with Crippen LogP contribution < -0.4 is 10.2 Å². The molecular weight excluding hydrogens is 270 g/mol. The monoisotopic (exact) mass is 289 g/mol. The van der Waals surface area contributed by atoms with E-state index in [1.54, 1.807) is 18.4 Å². The first-order chi connectivity index (χ1) is 9.86. The molecule has 1 aliphatic rings. The minimum atomic E-state index is 0.709. The molecule has 1 aromatic carbocycles. The lowest BCUT2D eigenvalue weighted by molar-refractivity contribution is 0.211. The summed E-state index contributed by atoms with van der Waals surface area (Å²) in [5, 5.41) is 4.34. The van der Waals surface area contributed by atoms with Gasteiger partial charge in [0.25, 0.3) is 0 Å². The van der Waals surface area contributed by atoms with E-state index in [0.29, 0.717) is 6.61 Å². The molecule has 0 fully saturated rings. The fourth-order valence-corrected chi connectivity index (χ4v) is 3.44. The molecule has 0 spiro atoms. The SMILES string of the molecule is COCCNc1nc2c(s1)CN(c1ccccc1)CC2. The Bertz CT molecular complexity index is 556. The highest BCUT2D eigenvalue weighted by molar-refractivity contribution is 7.15. The molecule has 20 heavy (non-hydrogen) atoms. The number of nitrogens with one attached hydrogen (secondary N) is 1. The molecule has 1 aromatic heterocycles. The number of methoxy groups -OCH3 is 1. The summed E-state index contributed by atoms with van der Waals surface area (Å²) < 4.78 is 5.05. The second-order valence-electron chi connectivity index (χ2n) is 4.82. The van der Waals surface area contributed by atoms with Crippen molar-refractivity contribution in [3.05, 3.63) is 40.9 Å². The normalized spacial score (nSPS) is 14.2. The van der Waals surface area contributed by atoms with Gasteiger partial charge in [-0.2, -0.15) is 0 Å². The summed E-state index contributed by atoms with van der Waals surface area (Å²) in [6.45, 7) is 3.52. The summed E-state index contributed by atoms with van der Waals surface area (Å²) in [7, 11) is 1.71. The van der Waals surface area contributed by atoms with Crippen molar-refractivity contribution in [2.24, 2.45) is 0 Å². The molecule has 0 atom stereocenters. The van der Waals surface area contributed by atoms with Crippen LogP contribution in [-0.4, -0.2) is 31.8 Å². The van der Waals surface area contributed by atoms with Gasteiger partial charge in [0.2, 0.25) is 0 Å². The molecule has 2 heterocycles. The van der Waals surface area contributed by atoms with Crippen LogP contribution in [0.3, 0.4) is 0 Å². The highest BCUT2D eigenvalue weighted by Gasteiger charge is 2.20. The lowest BCUT2D eigenvalue weighted by Crippen LogP contribution is -2.29. The van der Waals surface area contributed by atoms with Crippen molar-refractivity contribution in [3.63, 3.8) is 0 Å². The van der Waals surface area contributed by atoms with Gasteiger partial charge in [0.15, 0.2) is 5.13 Å². The highest BCUT2D eigenvalue weighted by atomic mass is 32.1. The van der Waals surface area contributed by atoms with Gasteiger partial charge in [0.1, 0.15) is 0 Å². The smallest absolute Gasteiger partial charge is 0.183 e. The molecule has 1 aliphatic heterocycles. The third-order valence-electron chi connectivity index (χ3n) is 3.43. The Morgan fingerprint density at radius 3 is 3.00 bits per heavy atom. The molecule has 0 bridgehead atoms. The Kier molecular flexibility index (Phi) is 4.18. The van der Waals surface area contributed by atoms with Crippen LogP contribution in [0.1, 0.15) is 10.6 Å². The summed E-state index contributed by atoms with van der Waals surface area (Å²) in [6.07, 6.45) is 1.02. The van der Waals surface area contributed by atoms with Gasteiger partial charge in [-0.05, 0) is 12.1 Å². The standard InChI is InChI=1S/C15H19N3OS/c1-19-10-8-16-15-17-13-7-9-18(11-14(13)20-15)12-5-3-2-4-6-12/h2-6H,7-11H2,1H3,(H,16,17). The highest BCUT2D eigenvalue weighted by Crippen LogP contribution is 2.30. The van der Waals surface area contributed by atoms with Gasteiger partial charge in [-0.1, -0.05) is 29.5 Å². The zero-order valence-electron chi connectivity index (χ0n) is 11.6. The first-order valence-corrected chi connectivity index (χ1v) is 7.70. The number of aromatic nitrogens is 1. The van der Waals surface area contributed by atoms with Crippen LogP contribution in [0.4, 0.5) is 10.8 Å². The van der Waals surface area contributed by atoms with Gasteiger partial charge < -0.3 is 15.0 Å². The van der Waals surface area contributed by atoms with E-state index >= 15 is 0 Å². The van der Waals surface area contributed by atoms with Crippen molar-refractivity contribution >= 4 is 22.2 Å². The minimum absolute atomic E-state index is 0.709. The second kappa shape index (κ2) is 6.24. The molecule has 0 radical (unpaired) electrons. The van der Waals surface area contributed by atoms with Crippen LogP contribution in [0.25, 0.3) is 0 Å². The van der Waals surface area contributed by atoms with E-state index in [1.807, 2.05) is 0 Å². The summed E-state index contributed by atoms with van der Waals surface area (Å²) in [5.74, 6) is 0. The zero-order chi connectivity index (χ0) is 13.8. The molecule has 4 nitrogen and oxygen atoms in total. The quantitative estimate of drug-likeness (QED) is 0.859. The summed E-state index contributed by atoms with van der Waals surface area (Å²) in [6, 6.07) is 10.6. The van der Waals surface area contributed by atoms with Crippen molar-refractivity contribution < 1.29 is 4.74 Å². The van der Waals surface area contributed by atoms with Crippen molar-refractivity contribution in [1.29, 1.82) is 0 Å². The number of hydrogen-bond donors (Lipinski definition) is 1. The van der Waals surface area contributed by atoms with E-state index in [1.165, 1.54) is 16.3 Å². The largest absolute Gasteiger partial charge is 0.383 e. The molecule has 0 amide bonds. The second-order valence-corrected chi connectivity index (χ2v) is 5.90. The van der Waals surface area contributed by atoms with Crippen LogP contribution in [-0.2, 0) is 17.7 Å². The van der Waals surface area contributed by atoms with Gasteiger partial charge in [-0.3, -0.25) is 0 Å². The predicted molar refractivity (Wildman–Crippen MR) is 83.7 cm³/mol. The number of ether oxygens (including phenoxy) is 1. The Hall–Kier alpha value is -1.59. The van der Waals surface area contributed by atoms with Gasteiger partial charge in [0.05, 0.1) is 18.8 Å². The summed E-state index contributed by atoms with van der Waals surface area (Å²) in [4.78, 5) is 8.47. The van der Waals surface area contributed by atoms with E-state index in [-0.39, 0.29) is 0 Å². The molecule has 1 N–H and O–H groups in total. The van der Waals surface area contributed by atoms with E-state index in [2.05, 4.69) is 45.5 Å². The van der Waals surface area contributed by atoms with Crippen LogP contribution in [0.5, 0.6) is 0 Å². The van der Waals surface area contributed by atoms with Gasteiger partial charge in [-0.25, -0.2) is 4.98 Å². The van der Waals surface area contributed by atoms with Crippen LogP contribution in [0.15, 0.2) is 30.3 Å². The summed E-state index contributed by atoms with van der Waals surface area (Å²) >= 11 is 1.76. The Morgan fingerprint density at radius 2 is 2.20 bits per heavy atom. The summed E-state index contributed by atoms with van der Waals surface area (Å²) in [5.41, 5.74) is 2.54. The van der Waals surface area contributed by atoms with Gasteiger partial charge in [-0.15, -0.1) is 0 Å². The molecule has 5 heteroatoms. The van der Waals surface area contributed by atoms with Crippen LogP contribution in [0, 0.1) is 0 Å². The Labute approximate surface area is 123 Å². The first-order valence-electron chi connectivity index (χ1n) is 6.88. The maximum atomic E-state index is 5.05. The number of hydrogen-bond acceptors (Lipinski definition) is 5. The number of para-hydroxylation sites is 1. The number of fused-ring (bicyclic) bond motifs is 1. The minimum Gasteiger partial charge on any atom is -0.383 e. The molecule has 106 valence electrons. The lowest BCUT2D eigenvalue weighted by atomic mass is 10.1. The van der Waals surface area contributed by atoms with E-state index in [0.717, 1.165) is 31.2 Å². The molecule has 0 saturated carbocycles. The Balaban J connectivity index is 1.68. The van der Waals surface area contributed by atoms with E-state index in [9.17, 15) is 0 Å². The third kappa shape index (κ3) is 2.94. The van der Waals surface area contributed by atoms with Gasteiger partial charge >= 0.3 is 0 Å². The van der Waals surface area contributed by atoms with Crippen molar-refractivity contribution in [2.75, 3.05) is 37.0 Å². The van der Waals surface area contributed by atoms with Crippen LogP contribution >= 0.6 is 11.3 Å². The molecule has 2 aromatic rings. The first kappa shape index (κ1) is 13.4. The fraction of sp³-hybridized carbons (Fsp3) is 0.400. The number of anilines is 2. The predicted octanol–water partition coefficient (Wildman–Crippen LogP) is 2.76.